The van der Waals surface area contributed by atoms with Crippen molar-refractivity contribution in [2.45, 2.75) is 59.2 Å². The fourth-order valence-corrected chi connectivity index (χ4v) is 5.14. The Labute approximate surface area is 242 Å². The van der Waals surface area contributed by atoms with Crippen molar-refractivity contribution in [2.24, 2.45) is 0 Å². The van der Waals surface area contributed by atoms with Gasteiger partial charge in [0.05, 0.1) is 27.8 Å². The molecular formula is C29H32BrClN6O2. The van der Waals surface area contributed by atoms with Crippen LogP contribution in [0.25, 0.3) is 0 Å². The van der Waals surface area contributed by atoms with Crippen LogP contribution in [0.15, 0.2) is 41.0 Å². The lowest BCUT2D eigenvalue weighted by Crippen LogP contribution is -2.39. The molecule has 1 aliphatic heterocycles. The topological polar surface area (TPSA) is 103 Å². The van der Waals surface area contributed by atoms with Crippen LogP contribution in [0.1, 0.15) is 59.3 Å². The molecule has 0 radical (unpaired) electrons. The zero-order valence-electron chi connectivity index (χ0n) is 22.5. The summed E-state index contributed by atoms with van der Waals surface area (Å²) < 4.78 is 6.02. The number of rotatable bonds is 8. The number of likely N-dealkylation sites (tertiary alicyclic amines) is 1. The second-order valence-corrected chi connectivity index (χ2v) is 11.3. The van der Waals surface area contributed by atoms with Crippen LogP contribution >= 0.6 is 27.5 Å². The molecule has 0 unspecified atom stereocenters. The SMILES string of the molecule is Cc1cc(C#N)cc(C)c1Nc1nc(NC2CCN(Cc3ccc(C(=O)OC(C)C)cc3Cl)CC2)ncc1Br. The number of hydrogen-bond donors (Lipinski definition) is 2. The molecule has 0 saturated carbocycles. The summed E-state index contributed by atoms with van der Waals surface area (Å²) in [5.41, 5.74) is 4.97. The lowest BCUT2D eigenvalue weighted by Gasteiger charge is -2.32. The molecule has 2 aromatic carbocycles. The van der Waals surface area contributed by atoms with E-state index in [1.54, 1.807) is 18.3 Å². The first-order valence-corrected chi connectivity index (χ1v) is 14.1. The van der Waals surface area contributed by atoms with Crippen LogP contribution in [0.4, 0.5) is 17.5 Å². The number of nitriles is 1. The maximum Gasteiger partial charge on any atom is 0.338 e. The zero-order valence-corrected chi connectivity index (χ0v) is 24.9. The molecule has 0 aliphatic carbocycles. The molecule has 8 nitrogen and oxygen atoms in total. The summed E-state index contributed by atoms with van der Waals surface area (Å²) in [7, 11) is 0. The summed E-state index contributed by atoms with van der Waals surface area (Å²) in [6.07, 6.45) is 3.44. The third-order valence-corrected chi connectivity index (χ3v) is 7.53. The van der Waals surface area contributed by atoms with Gasteiger partial charge in [0, 0.05) is 42.6 Å². The van der Waals surface area contributed by atoms with Gasteiger partial charge in [-0.2, -0.15) is 10.2 Å². The fraction of sp³-hybridized carbons (Fsp3) is 0.379. The molecule has 3 aromatic rings. The van der Waals surface area contributed by atoms with Gasteiger partial charge in [0.1, 0.15) is 5.82 Å². The van der Waals surface area contributed by atoms with E-state index in [4.69, 9.17) is 21.3 Å². The Kier molecular flexibility index (Phi) is 9.44. The van der Waals surface area contributed by atoms with Gasteiger partial charge in [-0.1, -0.05) is 17.7 Å². The highest BCUT2D eigenvalue weighted by Gasteiger charge is 2.22. The molecule has 1 fully saturated rings. The molecule has 0 bridgehead atoms. The molecule has 10 heteroatoms. The number of esters is 1. The van der Waals surface area contributed by atoms with E-state index in [-0.39, 0.29) is 18.1 Å². The van der Waals surface area contributed by atoms with Crippen molar-refractivity contribution in [1.29, 1.82) is 5.26 Å². The largest absolute Gasteiger partial charge is 0.459 e. The van der Waals surface area contributed by atoms with Crippen LogP contribution in [0.5, 0.6) is 0 Å². The molecule has 0 spiro atoms. The Morgan fingerprint density at radius 3 is 2.54 bits per heavy atom. The van der Waals surface area contributed by atoms with Crippen LogP contribution in [0, 0.1) is 25.2 Å². The summed E-state index contributed by atoms with van der Waals surface area (Å²) in [4.78, 5) is 23.7. The van der Waals surface area contributed by atoms with Crippen molar-refractivity contribution in [3.05, 3.63) is 73.8 Å². The predicted molar refractivity (Wildman–Crippen MR) is 158 cm³/mol. The van der Waals surface area contributed by atoms with Gasteiger partial charge in [0.15, 0.2) is 0 Å². The highest BCUT2D eigenvalue weighted by molar-refractivity contribution is 9.10. The van der Waals surface area contributed by atoms with E-state index in [0.29, 0.717) is 27.9 Å². The van der Waals surface area contributed by atoms with E-state index in [9.17, 15) is 10.1 Å². The Morgan fingerprint density at radius 1 is 1.23 bits per heavy atom. The van der Waals surface area contributed by atoms with Crippen molar-refractivity contribution < 1.29 is 9.53 Å². The number of piperidine rings is 1. The van der Waals surface area contributed by atoms with Crippen molar-refractivity contribution in [3.63, 3.8) is 0 Å². The maximum absolute atomic E-state index is 12.2. The molecule has 4 rings (SSSR count). The van der Waals surface area contributed by atoms with Crippen molar-refractivity contribution in [1.82, 2.24) is 14.9 Å². The summed E-state index contributed by atoms with van der Waals surface area (Å²) in [5.74, 6) is 0.868. The Bertz CT molecular complexity index is 1380. The first-order valence-electron chi connectivity index (χ1n) is 12.9. The zero-order chi connectivity index (χ0) is 28.1. The van der Waals surface area contributed by atoms with Crippen molar-refractivity contribution in [3.8, 4) is 6.07 Å². The lowest BCUT2D eigenvalue weighted by molar-refractivity contribution is 0.0378. The third-order valence-electron chi connectivity index (χ3n) is 6.60. The number of aromatic nitrogens is 2. The molecule has 0 atom stereocenters. The molecular weight excluding hydrogens is 580 g/mol. The van der Waals surface area contributed by atoms with E-state index in [1.165, 1.54) is 0 Å². The number of anilines is 3. The number of halogens is 2. The van der Waals surface area contributed by atoms with Crippen LogP contribution in [0.2, 0.25) is 5.02 Å². The minimum absolute atomic E-state index is 0.174. The molecule has 1 saturated heterocycles. The smallest absolute Gasteiger partial charge is 0.338 e. The van der Waals surface area contributed by atoms with Crippen LogP contribution < -0.4 is 10.6 Å². The molecule has 1 aliphatic rings. The maximum atomic E-state index is 12.2. The van der Waals surface area contributed by atoms with Gasteiger partial charge in [-0.05, 0) is 97.4 Å². The van der Waals surface area contributed by atoms with Gasteiger partial charge in [-0.3, -0.25) is 4.90 Å². The number of benzene rings is 2. The minimum Gasteiger partial charge on any atom is -0.459 e. The quantitative estimate of drug-likeness (QED) is 0.269. The van der Waals surface area contributed by atoms with E-state index < -0.39 is 0 Å². The molecule has 39 heavy (non-hydrogen) atoms. The molecule has 1 aromatic heterocycles. The third kappa shape index (κ3) is 7.47. The predicted octanol–water partition coefficient (Wildman–Crippen LogP) is 6.77. The van der Waals surface area contributed by atoms with Gasteiger partial charge in [-0.25, -0.2) is 9.78 Å². The lowest BCUT2D eigenvalue weighted by atomic mass is 10.0. The number of carbonyl (C=O) groups excluding carboxylic acids is 1. The van der Waals surface area contributed by atoms with Gasteiger partial charge < -0.3 is 15.4 Å². The van der Waals surface area contributed by atoms with Crippen molar-refractivity contribution in [2.75, 3.05) is 23.7 Å². The van der Waals surface area contributed by atoms with E-state index >= 15 is 0 Å². The van der Waals surface area contributed by atoms with E-state index in [2.05, 4.69) is 42.5 Å². The Hall–Kier alpha value is -3.19. The van der Waals surface area contributed by atoms with Crippen LogP contribution in [-0.4, -0.2) is 46.1 Å². The number of ether oxygens (including phenoxy) is 1. The molecule has 204 valence electrons. The summed E-state index contributed by atoms with van der Waals surface area (Å²) in [6, 6.07) is 11.5. The Morgan fingerprint density at radius 2 is 1.92 bits per heavy atom. The first-order chi connectivity index (χ1) is 18.6. The van der Waals surface area contributed by atoms with Gasteiger partial charge in [0.2, 0.25) is 5.95 Å². The monoisotopic (exact) mass is 610 g/mol. The normalized spacial score (nSPS) is 14.2. The number of aryl methyl sites for hydroxylation is 2. The van der Waals surface area contributed by atoms with E-state index in [0.717, 1.165) is 59.3 Å². The van der Waals surface area contributed by atoms with E-state index in [1.807, 2.05) is 45.9 Å². The molecule has 2 N–H and O–H groups in total. The molecule has 0 amide bonds. The molecule has 2 heterocycles. The van der Waals surface area contributed by atoms with Crippen LogP contribution in [-0.2, 0) is 11.3 Å². The fourth-order valence-electron chi connectivity index (χ4n) is 4.61. The minimum atomic E-state index is -0.360. The van der Waals surface area contributed by atoms with Gasteiger partial charge in [0.25, 0.3) is 0 Å². The summed E-state index contributed by atoms with van der Waals surface area (Å²) >= 11 is 10.0. The van der Waals surface area contributed by atoms with Gasteiger partial charge in [-0.15, -0.1) is 0 Å². The second-order valence-electron chi connectivity index (χ2n) is 10.1. The average molecular weight is 612 g/mol. The van der Waals surface area contributed by atoms with Crippen LogP contribution in [0.3, 0.4) is 0 Å². The second kappa shape index (κ2) is 12.8. The number of nitrogens with one attached hydrogen (secondary N) is 2. The number of hydrogen-bond acceptors (Lipinski definition) is 8. The standard InChI is InChI=1S/C29H32BrClN6O2/c1-17(2)39-28(38)21-5-6-22(25(31)13-21)16-37-9-7-23(8-10-37)34-29-33-15-24(30)27(36-29)35-26-18(3)11-20(14-32)12-19(26)4/h5-6,11-13,15,17,23H,7-10,16H2,1-4H3,(H2,33,34,35,36). The highest BCUT2D eigenvalue weighted by atomic mass is 79.9. The van der Waals surface area contributed by atoms with Gasteiger partial charge >= 0.3 is 5.97 Å². The number of nitrogens with zero attached hydrogens (tertiary/aromatic N) is 4. The summed E-state index contributed by atoms with van der Waals surface area (Å²) in [5, 5.41) is 16.7. The number of carbonyl (C=O) groups is 1. The Balaban J connectivity index is 1.34. The average Bonchev–Trinajstić information content (AvgIpc) is 2.89. The summed E-state index contributed by atoms with van der Waals surface area (Å²) in [6.45, 7) is 10.1. The van der Waals surface area contributed by atoms with Crippen molar-refractivity contribution >= 4 is 51.0 Å². The highest BCUT2D eigenvalue weighted by Crippen LogP contribution is 2.30. The first kappa shape index (κ1) is 28.8.